The zero-order valence-electron chi connectivity index (χ0n) is 12.2. The lowest BCUT2D eigenvalue weighted by molar-refractivity contribution is 0.357. The van der Waals surface area contributed by atoms with Gasteiger partial charge in [-0.1, -0.05) is 13.3 Å². The Morgan fingerprint density at radius 1 is 1.37 bits per heavy atom. The topological polar surface area (TPSA) is 53.9 Å². The average molecular weight is 261 g/mol. The van der Waals surface area contributed by atoms with Crippen LogP contribution in [-0.4, -0.2) is 15.7 Å². The number of rotatable bonds is 6. The van der Waals surface area contributed by atoms with E-state index in [-0.39, 0.29) is 5.54 Å². The van der Waals surface area contributed by atoms with Gasteiger partial charge in [-0.3, -0.25) is 5.10 Å². The van der Waals surface area contributed by atoms with E-state index in [4.69, 9.17) is 4.42 Å². The third kappa shape index (κ3) is 3.47. The third-order valence-electron chi connectivity index (χ3n) is 3.34. The van der Waals surface area contributed by atoms with E-state index in [0.29, 0.717) is 0 Å². The van der Waals surface area contributed by atoms with E-state index in [0.717, 1.165) is 35.7 Å². The molecule has 2 heterocycles. The van der Waals surface area contributed by atoms with E-state index in [1.165, 1.54) is 6.42 Å². The number of hydrogen-bond donors (Lipinski definition) is 2. The normalized spacial score (nSPS) is 12.0. The fourth-order valence-electron chi connectivity index (χ4n) is 2.28. The molecule has 0 amide bonds. The standard InChI is InChI=1S/C15H23N3O/c1-5-8-15(3,4)16-9-12-10-17-18-14(12)13-7-6-11(2)19-13/h6-7,10,16H,5,8-9H2,1-4H3,(H,17,18). The number of nitrogens with one attached hydrogen (secondary N) is 2. The molecular weight excluding hydrogens is 238 g/mol. The van der Waals surface area contributed by atoms with Crippen LogP contribution in [-0.2, 0) is 6.54 Å². The molecule has 4 heteroatoms. The molecular formula is C15H23N3O. The molecule has 0 fully saturated rings. The van der Waals surface area contributed by atoms with Crippen LogP contribution in [0.4, 0.5) is 0 Å². The van der Waals surface area contributed by atoms with Gasteiger partial charge in [0.2, 0.25) is 0 Å². The van der Waals surface area contributed by atoms with Crippen LogP contribution in [0.25, 0.3) is 11.5 Å². The zero-order chi connectivity index (χ0) is 13.9. The van der Waals surface area contributed by atoms with Crippen molar-refractivity contribution in [3.05, 3.63) is 29.7 Å². The smallest absolute Gasteiger partial charge is 0.152 e. The Labute approximate surface area is 114 Å². The SMILES string of the molecule is CCCC(C)(C)NCc1cn[nH]c1-c1ccc(C)o1. The molecule has 2 N–H and O–H groups in total. The van der Waals surface area contributed by atoms with Crippen LogP contribution in [0, 0.1) is 6.92 Å². The maximum Gasteiger partial charge on any atom is 0.152 e. The highest BCUT2D eigenvalue weighted by atomic mass is 16.3. The number of furan rings is 1. The lowest BCUT2D eigenvalue weighted by Crippen LogP contribution is -2.38. The molecule has 104 valence electrons. The number of aromatic amines is 1. The summed E-state index contributed by atoms with van der Waals surface area (Å²) >= 11 is 0. The second kappa shape index (κ2) is 5.61. The van der Waals surface area contributed by atoms with Crippen LogP contribution in [0.2, 0.25) is 0 Å². The summed E-state index contributed by atoms with van der Waals surface area (Å²) in [5.74, 6) is 1.76. The summed E-state index contributed by atoms with van der Waals surface area (Å²) in [4.78, 5) is 0. The first-order valence-electron chi connectivity index (χ1n) is 6.86. The fourth-order valence-corrected chi connectivity index (χ4v) is 2.28. The molecule has 0 radical (unpaired) electrons. The van der Waals surface area contributed by atoms with Gasteiger partial charge < -0.3 is 9.73 Å². The Morgan fingerprint density at radius 3 is 2.79 bits per heavy atom. The van der Waals surface area contributed by atoms with Gasteiger partial charge in [0.1, 0.15) is 11.5 Å². The Balaban J connectivity index is 2.08. The minimum atomic E-state index is 0.141. The number of aromatic nitrogens is 2. The highest BCUT2D eigenvalue weighted by molar-refractivity contribution is 5.56. The van der Waals surface area contributed by atoms with Crippen LogP contribution < -0.4 is 5.32 Å². The second-order valence-electron chi connectivity index (χ2n) is 5.67. The monoisotopic (exact) mass is 261 g/mol. The van der Waals surface area contributed by atoms with Gasteiger partial charge >= 0.3 is 0 Å². The van der Waals surface area contributed by atoms with E-state index in [1.807, 2.05) is 25.3 Å². The Bertz CT molecular complexity index is 525. The van der Waals surface area contributed by atoms with Gasteiger partial charge in [0, 0.05) is 17.6 Å². The summed E-state index contributed by atoms with van der Waals surface area (Å²) in [6.07, 6.45) is 4.19. The molecule has 4 nitrogen and oxygen atoms in total. The highest BCUT2D eigenvalue weighted by Crippen LogP contribution is 2.24. The molecule has 0 saturated carbocycles. The van der Waals surface area contributed by atoms with Crippen molar-refractivity contribution in [2.75, 3.05) is 0 Å². The summed E-state index contributed by atoms with van der Waals surface area (Å²) in [7, 11) is 0. The molecule has 0 aliphatic carbocycles. The van der Waals surface area contributed by atoms with Gasteiger partial charge in [-0.05, 0) is 39.3 Å². The molecule has 0 spiro atoms. The number of nitrogens with zero attached hydrogens (tertiary/aromatic N) is 1. The van der Waals surface area contributed by atoms with Gasteiger partial charge in [0.05, 0.1) is 6.20 Å². The molecule has 0 saturated heterocycles. The van der Waals surface area contributed by atoms with Gasteiger partial charge in [-0.25, -0.2) is 0 Å². The quantitative estimate of drug-likeness (QED) is 0.834. The molecule has 2 aromatic heterocycles. The van der Waals surface area contributed by atoms with Crippen molar-refractivity contribution < 1.29 is 4.42 Å². The van der Waals surface area contributed by atoms with Crippen molar-refractivity contribution >= 4 is 0 Å². The molecule has 0 aliphatic heterocycles. The van der Waals surface area contributed by atoms with Crippen molar-refractivity contribution in [2.45, 2.75) is 52.6 Å². The maximum absolute atomic E-state index is 5.65. The summed E-state index contributed by atoms with van der Waals surface area (Å²) in [6, 6.07) is 3.94. The van der Waals surface area contributed by atoms with E-state index in [9.17, 15) is 0 Å². The van der Waals surface area contributed by atoms with Crippen molar-refractivity contribution in [3.8, 4) is 11.5 Å². The lowest BCUT2D eigenvalue weighted by Gasteiger charge is -2.25. The molecule has 0 bridgehead atoms. The lowest BCUT2D eigenvalue weighted by atomic mass is 9.98. The van der Waals surface area contributed by atoms with E-state index in [2.05, 4.69) is 36.3 Å². The van der Waals surface area contributed by atoms with E-state index >= 15 is 0 Å². The Morgan fingerprint density at radius 2 is 2.16 bits per heavy atom. The van der Waals surface area contributed by atoms with Crippen molar-refractivity contribution in [1.29, 1.82) is 0 Å². The summed E-state index contributed by atoms with van der Waals surface area (Å²) in [5, 5.41) is 10.7. The Hall–Kier alpha value is -1.55. The van der Waals surface area contributed by atoms with Gasteiger partial charge in [-0.15, -0.1) is 0 Å². The number of hydrogen-bond acceptors (Lipinski definition) is 3. The molecule has 2 aromatic rings. The van der Waals surface area contributed by atoms with Gasteiger partial charge in [0.15, 0.2) is 5.76 Å². The average Bonchev–Trinajstić information content (AvgIpc) is 2.94. The zero-order valence-corrected chi connectivity index (χ0v) is 12.2. The molecule has 0 aliphatic rings. The predicted molar refractivity (Wildman–Crippen MR) is 76.9 cm³/mol. The van der Waals surface area contributed by atoms with Crippen molar-refractivity contribution in [1.82, 2.24) is 15.5 Å². The van der Waals surface area contributed by atoms with Crippen LogP contribution in [0.1, 0.15) is 44.9 Å². The van der Waals surface area contributed by atoms with E-state index in [1.54, 1.807) is 0 Å². The van der Waals surface area contributed by atoms with Gasteiger partial charge in [-0.2, -0.15) is 5.10 Å². The minimum Gasteiger partial charge on any atom is -0.460 e. The summed E-state index contributed by atoms with van der Waals surface area (Å²) in [5.41, 5.74) is 2.24. The number of H-pyrrole nitrogens is 1. The first-order chi connectivity index (χ1) is 9.02. The van der Waals surface area contributed by atoms with Crippen LogP contribution in [0.15, 0.2) is 22.7 Å². The van der Waals surface area contributed by atoms with E-state index < -0.39 is 0 Å². The molecule has 2 rings (SSSR count). The first-order valence-corrected chi connectivity index (χ1v) is 6.86. The van der Waals surface area contributed by atoms with Gasteiger partial charge in [0.25, 0.3) is 0 Å². The highest BCUT2D eigenvalue weighted by Gasteiger charge is 2.17. The van der Waals surface area contributed by atoms with Crippen LogP contribution in [0.3, 0.4) is 0 Å². The third-order valence-corrected chi connectivity index (χ3v) is 3.34. The Kier molecular flexibility index (Phi) is 4.10. The molecule has 19 heavy (non-hydrogen) atoms. The van der Waals surface area contributed by atoms with Crippen molar-refractivity contribution in [3.63, 3.8) is 0 Å². The minimum absolute atomic E-state index is 0.141. The first kappa shape index (κ1) is 13.9. The number of aryl methyl sites for hydroxylation is 1. The maximum atomic E-state index is 5.65. The molecule has 0 aromatic carbocycles. The largest absolute Gasteiger partial charge is 0.460 e. The summed E-state index contributed by atoms with van der Waals surface area (Å²) in [6.45, 7) is 9.40. The van der Waals surface area contributed by atoms with Crippen LogP contribution in [0.5, 0.6) is 0 Å². The van der Waals surface area contributed by atoms with Crippen LogP contribution >= 0.6 is 0 Å². The fraction of sp³-hybridized carbons (Fsp3) is 0.533. The predicted octanol–water partition coefficient (Wildman–Crippen LogP) is 3.65. The summed E-state index contributed by atoms with van der Waals surface area (Å²) < 4.78 is 5.65. The molecule has 0 atom stereocenters. The molecule has 0 unspecified atom stereocenters. The van der Waals surface area contributed by atoms with Crippen molar-refractivity contribution in [2.24, 2.45) is 0 Å². The second-order valence-corrected chi connectivity index (χ2v) is 5.67.